The third-order valence-corrected chi connectivity index (χ3v) is 3.80. The van der Waals surface area contributed by atoms with Crippen LogP contribution in [0.2, 0.25) is 0 Å². The number of phenolic OH excluding ortho intramolecular Hbond substituents is 1. The highest BCUT2D eigenvalue weighted by Gasteiger charge is 2.18. The Balaban J connectivity index is 2.46. The molecule has 0 unspecified atom stereocenters. The van der Waals surface area contributed by atoms with Gasteiger partial charge >= 0.3 is 0 Å². The molecule has 0 aliphatic carbocycles. The average molecular weight is 275 g/mol. The van der Waals surface area contributed by atoms with Crippen molar-refractivity contribution >= 4 is 31.9 Å². The molecule has 1 heterocycles. The SMILES string of the molecule is O=S(=O)(O)c1ccc2nc3ccccc3cc2c1O. The minimum atomic E-state index is -4.46. The van der Waals surface area contributed by atoms with Gasteiger partial charge in [-0.25, -0.2) is 4.98 Å². The molecule has 0 bridgehead atoms. The molecule has 0 amide bonds. The van der Waals surface area contributed by atoms with Gasteiger partial charge in [-0.2, -0.15) is 8.42 Å². The van der Waals surface area contributed by atoms with Crippen LogP contribution in [-0.4, -0.2) is 23.1 Å². The summed E-state index contributed by atoms with van der Waals surface area (Å²) >= 11 is 0. The van der Waals surface area contributed by atoms with Crippen molar-refractivity contribution in [3.05, 3.63) is 42.5 Å². The fourth-order valence-corrected chi connectivity index (χ4v) is 2.62. The van der Waals surface area contributed by atoms with Crippen LogP contribution in [-0.2, 0) is 10.1 Å². The van der Waals surface area contributed by atoms with Crippen LogP contribution in [0.15, 0.2) is 47.4 Å². The molecule has 3 rings (SSSR count). The molecule has 0 radical (unpaired) electrons. The summed E-state index contributed by atoms with van der Waals surface area (Å²) < 4.78 is 31.3. The van der Waals surface area contributed by atoms with E-state index in [2.05, 4.69) is 4.98 Å². The summed E-state index contributed by atoms with van der Waals surface area (Å²) in [6.07, 6.45) is 0. The molecule has 1 aromatic heterocycles. The molecule has 0 spiro atoms. The molecule has 96 valence electrons. The molecular weight excluding hydrogens is 266 g/mol. The fourth-order valence-electron chi connectivity index (χ4n) is 2.02. The van der Waals surface area contributed by atoms with Gasteiger partial charge in [-0.1, -0.05) is 18.2 Å². The maximum Gasteiger partial charge on any atom is 0.298 e. The number of hydrogen-bond donors (Lipinski definition) is 2. The Morgan fingerprint density at radius 1 is 1.00 bits per heavy atom. The molecule has 2 aromatic carbocycles. The Labute approximate surface area is 108 Å². The van der Waals surface area contributed by atoms with E-state index in [1.54, 1.807) is 12.1 Å². The lowest BCUT2D eigenvalue weighted by atomic mass is 10.1. The second-order valence-corrected chi connectivity index (χ2v) is 5.53. The summed E-state index contributed by atoms with van der Waals surface area (Å²) in [4.78, 5) is 3.81. The highest BCUT2D eigenvalue weighted by molar-refractivity contribution is 7.86. The van der Waals surface area contributed by atoms with Gasteiger partial charge in [-0.15, -0.1) is 0 Å². The predicted molar refractivity (Wildman–Crippen MR) is 70.7 cm³/mol. The molecule has 0 atom stereocenters. The van der Waals surface area contributed by atoms with Gasteiger partial charge in [0.1, 0.15) is 10.6 Å². The maximum absolute atomic E-state index is 11.1. The Kier molecular flexibility index (Phi) is 2.44. The van der Waals surface area contributed by atoms with Crippen molar-refractivity contribution in [2.24, 2.45) is 0 Å². The first-order chi connectivity index (χ1) is 8.97. The fraction of sp³-hybridized carbons (Fsp3) is 0. The zero-order valence-electron chi connectivity index (χ0n) is 9.61. The normalized spacial score (nSPS) is 12.1. The number of para-hydroxylation sites is 1. The average Bonchev–Trinajstić information content (AvgIpc) is 2.36. The van der Waals surface area contributed by atoms with Crippen LogP contribution < -0.4 is 0 Å². The van der Waals surface area contributed by atoms with Gasteiger partial charge in [0.05, 0.1) is 11.0 Å². The van der Waals surface area contributed by atoms with E-state index >= 15 is 0 Å². The zero-order chi connectivity index (χ0) is 13.6. The van der Waals surface area contributed by atoms with Crippen LogP contribution in [0.1, 0.15) is 0 Å². The number of hydrogen-bond acceptors (Lipinski definition) is 4. The van der Waals surface area contributed by atoms with Gasteiger partial charge in [-0.05, 0) is 24.3 Å². The summed E-state index contributed by atoms with van der Waals surface area (Å²) in [5.41, 5.74) is 1.21. The van der Waals surface area contributed by atoms with E-state index in [0.717, 1.165) is 17.0 Å². The summed E-state index contributed by atoms with van der Waals surface area (Å²) in [6, 6.07) is 11.5. The first-order valence-electron chi connectivity index (χ1n) is 5.46. The van der Waals surface area contributed by atoms with E-state index in [1.165, 1.54) is 6.07 Å². The van der Waals surface area contributed by atoms with E-state index in [4.69, 9.17) is 4.55 Å². The van der Waals surface area contributed by atoms with E-state index in [0.29, 0.717) is 5.52 Å². The van der Waals surface area contributed by atoms with Gasteiger partial charge < -0.3 is 5.11 Å². The third kappa shape index (κ3) is 1.91. The molecule has 2 N–H and O–H groups in total. The lowest BCUT2D eigenvalue weighted by Gasteiger charge is -2.06. The number of phenols is 1. The monoisotopic (exact) mass is 275 g/mol. The first-order valence-corrected chi connectivity index (χ1v) is 6.90. The van der Waals surface area contributed by atoms with E-state index in [9.17, 15) is 13.5 Å². The van der Waals surface area contributed by atoms with Crippen molar-refractivity contribution in [3.8, 4) is 5.75 Å². The lowest BCUT2D eigenvalue weighted by Crippen LogP contribution is -1.99. The maximum atomic E-state index is 11.1. The van der Waals surface area contributed by atoms with Crippen LogP contribution >= 0.6 is 0 Å². The Morgan fingerprint density at radius 3 is 2.47 bits per heavy atom. The number of benzene rings is 2. The number of rotatable bonds is 1. The van der Waals surface area contributed by atoms with Crippen molar-refractivity contribution in [1.29, 1.82) is 0 Å². The van der Waals surface area contributed by atoms with Crippen LogP contribution in [0.5, 0.6) is 5.75 Å². The van der Waals surface area contributed by atoms with E-state index in [1.807, 2.05) is 18.2 Å². The minimum Gasteiger partial charge on any atom is -0.506 e. The Bertz CT molecular complexity index is 903. The summed E-state index contributed by atoms with van der Waals surface area (Å²) in [6.45, 7) is 0. The van der Waals surface area contributed by atoms with Crippen LogP contribution in [0.3, 0.4) is 0 Å². The molecular formula is C13H9NO4S. The molecule has 6 heteroatoms. The van der Waals surface area contributed by atoms with Crippen molar-refractivity contribution < 1.29 is 18.1 Å². The Hall–Kier alpha value is -2.18. The number of aromatic nitrogens is 1. The molecule has 0 aliphatic rings. The third-order valence-electron chi connectivity index (χ3n) is 2.91. The molecule has 0 aliphatic heterocycles. The molecule has 3 aromatic rings. The largest absolute Gasteiger partial charge is 0.506 e. The van der Waals surface area contributed by atoms with Gasteiger partial charge in [-0.3, -0.25) is 4.55 Å². The van der Waals surface area contributed by atoms with Crippen molar-refractivity contribution in [2.75, 3.05) is 0 Å². The second-order valence-electron chi connectivity index (χ2n) is 4.14. The van der Waals surface area contributed by atoms with Gasteiger partial charge in [0.2, 0.25) is 0 Å². The first kappa shape index (κ1) is 11.9. The van der Waals surface area contributed by atoms with Crippen molar-refractivity contribution in [2.45, 2.75) is 4.90 Å². The van der Waals surface area contributed by atoms with E-state index in [-0.39, 0.29) is 5.39 Å². The Morgan fingerprint density at radius 2 is 1.74 bits per heavy atom. The van der Waals surface area contributed by atoms with Gasteiger partial charge in [0.25, 0.3) is 10.1 Å². The predicted octanol–water partition coefficient (Wildman–Crippen LogP) is 2.34. The smallest absolute Gasteiger partial charge is 0.298 e. The molecule has 0 saturated carbocycles. The number of fused-ring (bicyclic) bond motifs is 2. The van der Waals surface area contributed by atoms with Crippen LogP contribution in [0.25, 0.3) is 21.8 Å². The molecule has 0 fully saturated rings. The lowest BCUT2D eigenvalue weighted by molar-refractivity contribution is 0.448. The summed E-state index contributed by atoms with van der Waals surface area (Å²) in [5, 5.41) is 11.0. The van der Waals surface area contributed by atoms with Crippen molar-refractivity contribution in [1.82, 2.24) is 4.98 Å². The van der Waals surface area contributed by atoms with Gasteiger partial charge in [0, 0.05) is 10.8 Å². The minimum absolute atomic E-state index is 0.286. The number of nitrogens with zero attached hydrogens (tertiary/aromatic N) is 1. The quantitative estimate of drug-likeness (QED) is 0.525. The zero-order valence-corrected chi connectivity index (χ0v) is 10.4. The topological polar surface area (TPSA) is 87.5 Å². The summed E-state index contributed by atoms with van der Waals surface area (Å²) in [7, 11) is -4.46. The van der Waals surface area contributed by atoms with E-state index < -0.39 is 20.8 Å². The highest BCUT2D eigenvalue weighted by atomic mass is 32.2. The molecule has 0 saturated heterocycles. The molecule has 19 heavy (non-hydrogen) atoms. The molecule has 5 nitrogen and oxygen atoms in total. The van der Waals surface area contributed by atoms with Crippen LogP contribution in [0.4, 0.5) is 0 Å². The standard InChI is InChI=1S/C13H9NO4S/c15-13-9-7-8-3-1-2-4-10(8)14-11(9)5-6-12(13)19(16,17)18/h1-7,15H,(H,16,17,18). The van der Waals surface area contributed by atoms with Gasteiger partial charge in [0.15, 0.2) is 0 Å². The number of pyridine rings is 1. The highest BCUT2D eigenvalue weighted by Crippen LogP contribution is 2.32. The second kappa shape index (κ2) is 3.91. The summed E-state index contributed by atoms with van der Waals surface area (Å²) in [5.74, 6) is -0.488. The van der Waals surface area contributed by atoms with Crippen LogP contribution in [0, 0.1) is 0 Å². The number of aromatic hydroxyl groups is 1. The van der Waals surface area contributed by atoms with Crippen molar-refractivity contribution in [3.63, 3.8) is 0 Å².